The molecule has 1 saturated heterocycles. The van der Waals surface area contributed by atoms with Gasteiger partial charge in [0.15, 0.2) is 0 Å². The van der Waals surface area contributed by atoms with Crippen LogP contribution < -0.4 is 9.80 Å². The Hall–Kier alpha value is -2.08. The lowest BCUT2D eigenvalue weighted by Crippen LogP contribution is -2.30. The fourth-order valence-corrected chi connectivity index (χ4v) is 3.03. The second-order valence-electron chi connectivity index (χ2n) is 6.73. The van der Waals surface area contributed by atoms with E-state index in [-0.39, 0.29) is 12.7 Å². The highest BCUT2D eigenvalue weighted by molar-refractivity contribution is 5.51. The van der Waals surface area contributed by atoms with E-state index < -0.39 is 5.79 Å². The van der Waals surface area contributed by atoms with E-state index in [1.165, 1.54) is 0 Å². The molecule has 1 aliphatic heterocycles. The zero-order valence-electron chi connectivity index (χ0n) is 15.3. The summed E-state index contributed by atoms with van der Waals surface area (Å²) in [7, 11) is 8.04. The Morgan fingerprint density at radius 1 is 0.880 bits per heavy atom. The minimum absolute atomic E-state index is 0.0622. The summed E-state index contributed by atoms with van der Waals surface area (Å²) in [6, 6.07) is 16.3. The third kappa shape index (κ3) is 3.35. The van der Waals surface area contributed by atoms with Crippen LogP contribution >= 0.6 is 0 Å². The van der Waals surface area contributed by atoms with E-state index in [0.717, 1.165) is 22.5 Å². The van der Waals surface area contributed by atoms with Crippen molar-refractivity contribution in [3.8, 4) is 0 Å². The SMILES string of the molecule is CN(C)c1ccc(C2(c3ccc(N(C)C)cc3)OCC(CO)O2)cc1. The van der Waals surface area contributed by atoms with E-state index >= 15 is 0 Å². The minimum Gasteiger partial charge on any atom is -0.394 e. The second-order valence-corrected chi connectivity index (χ2v) is 6.73. The first kappa shape index (κ1) is 17.7. The van der Waals surface area contributed by atoms with Crippen molar-refractivity contribution >= 4 is 11.4 Å². The Labute approximate surface area is 149 Å². The van der Waals surface area contributed by atoms with Gasteiger partial charge in [0.1, 0.15) is 6.10 Å². The van der Waals surface area contributed by atoms with E-state index in [1.54, 1.807) is 0 Å². The van der Waals surface area contributed by atoms with Gasteiger partial charge in [-0.1, -0.05) is 24.3 Å². The van der Waals surface area contributed by atoms with E-state index in [9.17, 15) is 5.11 Å². The smallest absolute Gasteiger partial charge is 0.222 e. The molecule has 0 aromatic heterocycles. The zero-order chi connectivity index (χ0) is 18.0. The molecule has 0 amide bonds. The lowest BCUT2D eigenvalue weighted by atomic mass is 9.96. The van der Waals surface area contributed by atoms with Gasteiger partial charge in [-0.05, 0) is 24.3 Å². The number of aliphatic hydroxyl groups excluding tert-OH is 1. The molecular weight excluding hydrogens is 316 g/mol. The molecule has 0 aliphatic carbocycles. The highest BCUT2D eigenvalue weighted by Crippen LogP contribution is 2.41. The van der Waals surface area contributed by atoms with Gasteiger partial charge in [0, 0.05) is 50.7 Å². The summed E-state index contributed by atoms with van der Waals surface area (Å²) in [5, 5.41) is 9.51. The second kappa shape index (κ2) is 7.04. The number of aliphatic hydroxyl groups is 1. The van der Waals surface area contributed by atoms with Crippen molar-refractivity contribution in [2.24, 2.45) is 0 Å². The first-order valence-corrected chi connectivity index (χ1v) is 8.44. The van der Waals surface area contributed by atoms with E-state index in [2.05, 4.69) is 9.80 Å². The molecule has 0 radical (unpaired) electrons. The molecule has 1 fully saturated rings. The summed E-state index contributed by atoms with van der Waals surface area (Å²) in [6.45, 7) is 0.300. The fraction of sp³-hybridized carbons (Fsp3) is 0.400. The summed E-state index contributed by atoms with van der Waals surface area (Å²) in [4.78, 5) is 4.10. The predicted molar refractivity (Wildman–Crippen MR) is 100 cm³/mol. The van der Waals surface area contributed by atoms with Crippen molar-refractivity contribution < 1.29 is 14.6 Å². The maximum Gasteiger partial charge on any atom is 0.222 e. The Morgan fingerprint density at radius 2 is 1.32 bits per heavy atom. The molecule has 5 nitrogen and oxygen atoms in total. The van der Waals surface area contributed by atoms with Crippen molar-refractivity contribution in [2.75, 3.05) is 51.2 Å². The Bertz CT molecular complexity index is 644. The van der Waals surface area contributed by atoms with Gasteiger partial charge >= 0.3 is 0 Å². The fourth-order valence-electron chi connectivity index (χ4n) is 3.03. The molecule has 1 heterocycles. The number of ether oxygens (including phenoxy) is 2. The lowest BCUT2D eigenvalue weighted by Gasteiger charge is -2.30. The summed E-state index contributed by atoms with van der Waals surface area (Å²) in [5.74, 6) is -0.983. The largest absolute Gasteiger partial charge is 0.394 e. The van der Waals surface area contributed by atoms with Crippen LogP contribution in [0.4, 0.5) is 11.4 Å². The third-order valence-corrected chi connectivity index (χ3v) is 4.54. The third-order valence-electron chi connectivity index (χ3n) is 4.54. The van der Waals surface area contributed by atoms with Gasteiger partial charge in [0.05, 0.1) is 13.2 Å². The summed E-state index contributed by atoms with van der Waals surface area (Å²) >= 11 is 0. The monoisotopic (exact) mass is 342 g/mol. The summed E-state index contributed by atoms with van der Waals surface area (Å²) in [5.41, 5.74) is 4.07. The molecule has 1 aliphatic rings. The van der Waals surface area contributed by atoms with Crippen molar-refractivity contribution in [3.05, 3.63) is 59.7 Å². The van der Waals surface area contributed by atoms with Crippen LogP contribution in [-0.4, -0.2) is 52.6 Å². The topological polar surface area (TPSA) is 45.2 Å². The molecule has 1 atom stereocenters. The molecule has 25 heavy (non-hydrogen) atoms. The maximum absolute atomic E-state index is 9.51. The van der Waals surface area contributed by atoms with Crippen LogP contribution in [0.5, 0.6) is 0 Å². The molecule has 134 valence electrons. The van der Waals surface area contributed by atoms with E-state index in [4.69, 9.17) is 9.47 Å². The summed E-state index contributed by atoms with van der Waals surface area (Å²) in [6.07, 6.45) is -0.331. The van der Waals surface area contributed by atoms with Crippen LogP contribution in [0.2, 0.25) is 0 Å². The quantitative estimate of drug-likeness (QED) is 0.904. The van der Waals surface area contributed by atoms with Crippen LogP contribution in [0, 0.1) is 0 Å². The number of hydrogen-bond acceptors (Lipinski definition) is 5. The first-order valence-electron chi connectivity index (χ1n) is 8.44. The molecule has 5 heteroatoms. The molecule has 0 bridgehead atoms. The van der Waals surface area contributed by atoms with E-state index in [0.29, 0.717) is 6.61 Å². The van der Waals surface area contributed by atoms with Gasteiger partial charge in [-0.2, -0.15) is 0 Å². The van der Waals surface area contributed by atoms with Gasteiger partial charge in [-0.15, -0.1) is 0 Å². The molecule has 2 aromatic carbocycles. The van der Waals surface area contributed by atoms with Gasteiger partial charge in [0.2, 0.25) is 5.79 Å². The van der Waals surface area contributed by atoms with Crippen LogP contribution in [0.15, 0.2) is 48.5 Å². The van der Waals surface area contributed by atoms with Gasteiger partial charge in [-0.3, -0.25) is 0 Å². The number of nitrogens with zero attached hydrogens (tertiary/aromatic N) is 2. The van der Waals surface area contributed by atoms with Crippen molar-refractivity contribution in [2.45, 2.75) is 11.9 Å². The highest BCUT2D eigenvalue weighted by Gasteiger charge is 2.44. The number of rotatable bonds is 5. The van der Waals surface area contributed by atoms with Crippen LogP contribution in [-0.2, 0) is 15.3 Å². The summed E-state index contributed by atoms with van der Waals surface area (Å²) < 4.78 is 12.3. The minimum atomic E-state index is -0.983. The molecule has 3 rings (SSSR count). The Kier molecular flexibility index (Phi) is 4.99. The molecule has 2 aromatic rings. The average Bonchev–Trinajstić information content (AvgIpc) is 3.07. The first-order chi connectivity index (χ1) is 12.0. The highest BCUT2D eigenvalue weighted by atomic mass is 16.7. The van der Waals surface area contributed by atoms with Crippen molar-refractivity contribution in [3.63, 3.8) is 0 Å². The maximum atomic E-state index is 9.51. The Balaban J connectivity index is 2.02. The van der Waals surface area contributed by atoms with Crippen molar-refractivity contribution in [1.82, 2.24) is 0 Å². The van der Waals surface area contributed by atoms with E-state index in [1.807, 2.05) is 76.7 Å². The zero-order valence-corrected chi connectivity index (χ0v) is 15.3. The normalized spacial score (nSPS) is 19.0. The number of benzene rings is 2. The lowest BCUT2D eigenvalue weighted by molar-refractivity contribution is -0.146. The number of anilines is 2. The molecule has 1 N–H and O–H groups in total. The van der Waals surface area contributed by atoms with Crippen LogP contribution in [0.3, 0.4) is 0 Å². The van der Waals surface area contributed by atoms with Crippen molar-refractivity contribution in [1.29, 1.82) is 0 Å². The standard InChI is InChI=1S/C20H26N2O3/c1-21(2)17-9-5-15(6-10-17)20(24-14-19(13-23)25-20)16-7-11-18(12-8-16)22(3)4/h5-12,19,23H,13-14H2,1-4H3. The Morgan fingerprint density at radius 3 is 1.64 bits per heavy atom. The molecule has 0 saturated carbocycles. The average molecular weight is 342 g/mol. The van der Waals surface area contributed by atoms with Crippen LogP contribution in [0.25, 0.3) is 0 Å². The molecular formula is C20H26N2O3. The van der Waals surface area contributed by atoms with Gasteiger partial charge in [0.25, 0.3) is 0 Å². The molecule has 0 spiro atoms. The van der Waals surface area contributed by atoms with Crippen LogP contribution in [0.1, 0.15) is 11.1 Å². The number of hydrogen-bond donors (Lipinski definition) is 1. The van der Waals surface area contributed by atoms with Gasteiger partial charge < -0.3 is 24.4 Å². The molecule has 1 unspecified atom stereocenters. The van der Waals surface area contributed by atoms with Gasteiger partial charge in [-0.25, -0.2) is 0 Å². The predicted octanol–water partition coefficient (Wildman–Crippen LogP) is 2.43.